The number of nitrogens with one attached hydrogen (secondary N) is 1. The Morgan fingerprint density at radius 3 is 2.40 bits per heavy atom. The van der Waals surface area contributed by atoms with Crippen molar-refractivity contribution < 1.29 is 9.47 Å². The van der Waals surface area contributed by atoms with Gasteiger partial charge in [-0.25, -0.2) is 0 Å². The van der Waals surface area contributed by atoms with Gasteiger partial charge in [-0.05, 0) is 42.3 Å². The lowest BCUT2D eigenvalue weighted by atomic mass is 9.98. The van der Waals surface area contributed by atoms with Gasteiger partial charge in [0.15, 0.2) is 11.5 Å². The average Bonchev–Trinajstić information content (AvgIpc) is 2.46. The minimum atomic E-state index is 0.642. The minimum absolute atomic E-state index is 0.642. The molecular formula is C16H25NO2S. The van der Waals surface area contributed by atoms with Crippen LogP contribution in [-0.2, 0) is 6.54 Å². The number of hydrogen-bond donors (Lipinski definition) is 1. The van der Waals surface area contributed by atoms with Gasteiger partial charge in [0.05, 0.1) is 0 Å². The highest BCUT2D eigenvalue weighted by Crippen LogP contribution is 2.36. The molecule has 1 atom stereocenters. The van der Waals surface area contributed by atoms with E-state index in [2.05, 4.69) is 44.5 Å². The molecule has 0 spiro atoms. The number of fused-ring (bicyclic) bond motifs is 1. The van der Waals surface area contributed by atoms with Crippen LogP contribution in [0.1, 0.15) is 26.3 Å². The van der Waals surface area contributed by atoms with Gasteiger partial charge in [0, 0.05) is 11.4 Å². The Kier molecular flexibility index (Phi) is 5.61. The van der Waals surface area contributed by atoms with Crippen molar-refractivity contribution in [3.05, 3.63) is 17.7 Å². The van der Waals surface area contributed by atoms with Crippen LogP contribution in [0.5, 0.6) is 11.5 Å². The fourth-order valence-corrected chi connectivity index (χ4v) is 2.73. The van der Waals surface area contributed by atoms with Gasteiger partial charge in [-0.1, -0.05) is 20.8 Å². The van der Waals surface area contributed by atoms with Crippen molar-refractivity contribution in [1.82, 2.24) is 5.32 Å². The van der Waals surface area contributed by atoms with Gasteiger partial charge in [0.1, 0.15) is 13.2 Å². The highest BCUT2D eigenvalue weighted by molar-refractivity contribution is 7.98. The Labute approximate surface area is 126 Å². The fourth-order valence-electron chi connectivity index (χ4n) is 2.11. The molecule has 0 saturated carbocycles. The quantitative estimate of drug-likeness (QED) is 0.813. The van der Waals surface area contributed by atoms with Crippen molar-refractivity contribution in [2.75, 3.05) is 26.0 Å². The van der Waals surface area contributed by atoms with Gasteiger partial charge in [0.2, 0.25) is 0 Å². The van der Waals surface area contributed by atoms with Crippen LogP contribution in [0.4, 0.5) is 0 Å². The predicted molar refractivity (Wildman–Crippen MR) is 84.9 cm³/mol. The number of thioether (sulfide) groups is 1. The zero-order valence-electron chi connectivity index (χ0n) is 12.9. The molecule has 0 amide bonds. The maximum absolute atomic E-state index is 5.67. The van der Waals surface area contributed by atoms with Gasteiger partial charge in [0.25, 0.3) is 0 Å². The molecule has 4 heteroatoms. The molecule has 0 radical (unpaired) electrons. The molecule has 0 bridgehead atoms. The third-order valence-corrected chi connectivity index (χ3v) is 4.68. The molecule has 0 aliphatic carbocycles. The molecule has 1 aliphatic heterocycles. The molecule has 0 aromatic heterocycles. The minimum Gasteiger partial charge on any atom is -0.486 e. The van der Waals surface area contributed by atoms with E-state index in [1.807, 2.05) is 0 Å². The lowest BCUT2D eigenvalue weighted by Gasteiger charge is -2.21. The SMILES string of the molecule is CSc1cc2c(cc1CNCC(C)C(C)C)OCCO2. The first-order valence-corrected chi connectivity index (χ1v) is 8.51. The third-order valence-electron chi connectivity index (χ3n) is 3.87. The van der Waals surface area contributed by atoms with E-state index in [4.69, 9.17) is 9.47 Å². The Morgan fingerprint density at radius 1 is 1.15 bits per heavy atom. The Bertz CT molecular complexity index is 448. The van der Waals surface area contributed by atoms with Gasteiger partial charge in [-0.3, -0.25) is 0 Å². The normalized spacial score (nSPS) is 15.4. The second-order valence-corrected chi connectivity index (χ2v) is 6.51. The standard InChI is InChI=1S/C16H25NO2S/c1-11(2)12(3)9-17-10-13-7-14-15(8-16(13)20-4)19-6-5-18-14/h7-8,11-12,17H,5-6,9-10H2,1-4H3. The van der Waals surface area contributed by atoms with Gasteiger partial charge >= 0.3 is 0 Å². The van der Waals surface area contributed by atoms with E-state index in [-0.39, 0.29) is 0 Å². The maximum Gasteiger partial charge on any atom is 0.162 e. The molecule has 112 valence electrons. The molecule has 1 N–H and O–H groups in total. The molecule has 3 nitrogen and oxygen atoms in total. The molecule has 1 heterocycles. The lowest BCUT2D eigenvalue weighted by Crippen LogP contribution is -2.24. The van der Waals surface area contributed by atoms with E-state index < -0.39 is 0 Å². The van der Waals surface area contributed by atoms with E-state index in [1.165, 1.54) is 10.5 Å². The first kappa shape index (κ1) is 15.5. The summed E-state index contributed by atoms with van der Waals surface area (Å²) in [6.07, 6.45) is 2.10. The van der Waals surface area contributed by atoms with Crippen molar-refractivity contribution in [2.24, 2.45) is 11.8 Å². The Morgan fingerprint density at radius 2 is 1.80 bits per heavy atom. The van der Waals surface area contributed by atoms with E-state index in [0.717, 1.165) is 24.6 Å². The Hall–Kier alpha value is -0.870. The van der Waals surface area contributed by atoms with Crippen LogP contribution in [0, 0.1) is 11.8 Å². The molecule has 1 unspecified atom stereocenters. The molecular weight excluding hydrogens is 270 g/mol. The number of rotatable bonds is 6. The van der Waals surface area contributed by atoms with Crippen molar-refractivity contribution in [3.63, 3.8) is 0 Å². The summed E-state index contributed by atoms with van der Waals surface area (Å²) in [6.45, 7) is 10.0. The molecule has 0 saturated heterocycles. The zero-order valence-corrected chi connectivity index (χ0v) is 13.7. The van der Waals surface area contributed by atoms with Crippen LogP contribution in [0.2, 0.25) is 0 Å². The monoisotopic (exact) mass is 295 g/mol. The van der Waals surface area contributed by atoms with Crippen LogP contribution >= 0.6 is 11.8 Å². The van der Waals surface area contributed by atoms with E-state index in [1.54, 1.807) is 11.8 Å². The Balaban J connectivity index is 2.03. The fraction of sp³-hybridized carbons (Fsp3) is 0.625. The van der Waals surface area contributed by atoms with Gasteiger partial charge in [-0.2, -0.15) is 0 Å². The summed E-state index contributed by atoms with van der Waals surface area (Å²) in [5.41, 5.74) is 1.29. The summed E-state index contributed by atoms with van der Waals surface area (Å²) in [7, 11) is 0. The first-order chi connectivity index (χ1) is 9.61. The second-order valence-electron chi connectivity index (χ2n) is 5.66. The smallest absolute Gasteiger partial charge is 0.162 e. The zero-order chi connectivity index (χ0) is 14.5. The van der Waals surface area contributed by atoms with Gasteiger partial charge in [-0.15, -0.1) is 11.8 Å². The number of benzene rings is 1. The largest absolute Gasteiger partial charge is 0.486 e. The molecule has 20 heavy (non-hydrogen) atoms. The third kappa shape index (κ3) is 3.83. The highest BCUT2D eigenvalue weighted by atomic mass is 32.2. The first-order valence-electron chi connectivity index (χ1n) is 7.29. The topological polar surface area (TPSA) is 30.5 Å². The van der Waals surface area contributed by atoms with Gasteiger partial charge < -0.3 is 14.8 Å². The molecule has 1 aliphatic rings. The molecule has 1 aromatic rings. The van der Waals surface area contributed by atoms with Crippen LogP contribution < -0.4 is 14.8 Å². The van der Waals surface area contributed by atoms with Crippen LogP contribution in [0.3, 0.4) is 0 Å². The summed E-state index contributed by atoms with van der Waals surface area (Å²) in [4.78, 5) is 1.26. The summed E-state index contributed by atoms with van der Waals surface area (Å²) in [5, 5.41) is 3.55. The van der Waals surface area contributed by atoms with Crippen molar-refractivity contribution in [1.29, 1.82) is 0 Å². The molecule has 2 rings (SSSR count). The molecule has 1 aromatic carbocycles. The number of hydrogen-bond acceptors (Lipinski definition) is 4. The second kappa shape index (κ2) is 7.23. The predicted octanol–water partition coefficient (Wildman–Crippen LogP) is 3.56. The van der Waals surface area contributed by atoms with Crippen molar-refractivity contribution in [3.8, 4) is 11.5 Å². The number of ether oxygens (including phenoxy) is 2. The van der Waals surface area contributed by atoms with Crippen LogP contribution in [0.15, 0.2) is 17.0 Å². The van der Waals surface area contributed by atoms with Crippen molar-refractivity contribution >= 4 is 11.8 Å². The van der Waals surface area contributed by atoms with E-state index in [9.17, 15) is 0 Å². The van der Waals surface area contributed by atoms with E-state index >= 15 is 0 Å². The average molecular weight is 295 g/mol. The lowest BCUT2D eigenvalue weighted by molar-refractivity contribution is 0.171. The summed E-state index contributed by atoms with van der Waals surface area (Å²) in [5.74, 6) is 3.15. The summed E-state index contributed by atoms with van der Waals surface area (Å²) >= 11 is 1.76. The summed E-state index contributed by atoms with van der Waals surface area (Å²) in [6, 6.07) is 4.22. The van der Waals surface area contributed by atoms with E-state index in [0.29, 0.717) is 25.0 Å². The van der Waals surface area contributed by atoms with Crippen LogP contribution in [-0.4, -0.2) is 26.0 Å². The van der Waals surface area contributed by atoms with Crippen molar-refractivity contribution in [2.45, 2.75) is 32.2 Å². The molecule has 0 fully saturated rings. The summed E-state index contributed by atoms with van der Waals surface area (Å²) < 4.78 is 11.3. The highest BCUT2D eigenvalue weighted by Gasteiger charge is 2.15. The van der Waals surface area contributed by atoms with Crippen LogP contribution in [0.25, 0.3) is 0 Å². The maximum atomic E-state index is 5.67.